The van der Waals surface area contributed by atoms with E-state index in [-0.39, 0.29) is 23.7 Å². The van der Waals surface area contributed by atoms with E-state index in [4.69, 9.17) is 4.84 Å². The number of piperidine rings is 1. The number of hydrogen-bond donors (Lipinski definition) is 3. The second-order valence-corrected chi connectivity index (χ2v) is 11.3. The van der Waals surface area contributed by atoms with Gasteiger partial charge in [-0.05, 0) is 80.1 Å². The molecule has 2 heterocycles. The zero-order valence-electron chi connectivity index (χ0n) is 21.7. The number of aromatic nitrogens is 3. The summed E-state index contributed by atoms with van der Waals surface area (Å²) in [5.74, 6) is 1.67. The molecule has 8 heteroatoms. The highest BCUT2D eigenvalue weighted by molar-refractivity contribution is 5.34. The average molecular weight is 451 g/mol. The summed E-state index contributed by atoms with van der Waals surface area (Å²) >= 11 is 0. The average Bonchev–Trinajstić information content (AvgIpc) is 2.65. The van der Waals surface area contributed by atoms with Gasteiger partial charge in [0.25, 0.3) is 0 Å². The summed E-state index contributed by atoms with van der Waals surface area (Å²) in [7, 11) is 0. The van der Waals surface area contributed by atoms with E-state index in [0.29, 0.717) is 23.9 Å². The van der Waals surface area contributed by atoms with Crippen LogP contribution >= 0.6 is 0 Å². The van der Waals surface area contributed by atoms with Crippen LogP contribution in [0.3, 0.4) is 0 Å². The van der Waals surface area contributed by atoms with Gasteiger partial charge in [0.1, 0.15) is 6.33 Å². The van der Waals surface area contributed by atoms with Gasteiger partial charge in [0.05, 0.1) is 12.2 Å². The van der Waals surface area contributed by atoms with Crippen molar-refractivity contribution in [2.75, 3.05) is 17.2 Å². The van der Waals surface area contributed by atoms with Crippen molar-refractivity contribution in [3.05, 3.63) is 6.33 Å². The largest absolute Gasteiger partial charge is 0.388 e. The molecule has 1 fully saturated rings. The van der Waals surface area contributed by atoms with Crippen molar-refractivity contribution in [2.45, 2.75) is 123 Å². The van der Waals surface area contributed by atoms with Crippen molar-refractivity contribution in [3.63, 3.8) is 0 Å². The van der Waals surface area contributed by atoms with Gasteiger partial charge in [0.15, 0.2) is 0 Å². The standard InChI is InChI=1S/C24H46N6O2/c1-10-12-19(28-21-26-16-25-20(29-21)27-17(3)11-2)18-13-22(4,5)30(23(6,7)14-18)32-15-24(8,9)31/h16-19,31H,10-15H2,1-9H3,(H2,25,26,27,28,29). The third-order valence-electron chi connectivity index (χ3n) is 6.21. The Morgan fingerprint density at radius 3 is 2.19 bits per heavy atom. The molecule has 2 atom stereocenters. The molecular formula is C24H46N6O2. The van der Waals surface area contributed by atoms with E-state index in [9.17, 15) is 5.11 Å². The second kappa shape index (κ2) is 10.6. The number of nitrogens with one attached hydrogen (secondary N) is 2. The maximum atomic E-state index is 10.2. The molecule has 1 aromatic rings. The Kier molecular flexibility index (Phi) is 8.87. The molecule has 1 aromatic heterocycles. The Hall–Kier alpha value is -1.51. The molecule has 0 aliphatic carbocycles. The molecule has 0 saturated carbocycles. The molecule has 0 bridgehead atoms. The maximum Gasteiger partial charge on any atom is 0.227 e. The molecule has 0 amide bonds. The predicted molar refractivity (Wildman–Crippen MR) is 130 cm³/mol. The molecule has 184 valence electrons. The summed E-state index contributed by atoms with van der Waals surface area (Å²) in [5, 5.41) is 19.2. The first-order valence-electron chi connectivity index (χ1n) is 12.1. The van der Waals surface area contributed by atoms with Crippen molar-refractivity contribution in [2.24, 2.45) is 5.92 Å². The fraction of sp³-hybridized carbons (Fsp3) is 0.875. The van der Waals surface area contributed by atoms with Crippen LogP contribution in [-0.4, -0.2) is 60.5 Å². The molecule has 0 spiro atoms. The van der Waals surface area contributed by atoms with Gasteiger partial charge in [-0.15, -0.1) is 0 Å². The summed E-state index contributed by atoms with van der Waals surface area (Å²) in [6.07, 6.45) is 6.65. The van der Waals surface area contributed by atoms with E-state index in [0.717, 1.165) is 32.1 Å². The molecule has 0 radical (unpaired) electrons. The van der Waals surface area contributed by atoms with Gasteiger partial charge in [-0.3, -0.25) is 4.84 Å². The first-order valence-corrected chi connectivity index (χ1v) is 12.1. The lowest BCUT2D eigenvalue weighted by molar-refractivity contribution is -0.303. The smallest absolute Gasteiger partial charge is 0.227 e. The lowest BCUT2D eigenvalue weighted by atomic mass is 9.71. The van der Waals surface area contributed by atoms with Gasteiger partial charge in [-0.25, -0.2) is 9.97 Å². The van der Waals surface area contributed by atoms with Gasteiger partial charge in [0, 0.05) is 23.2 Å². The van der Waals surface area contributed by atoms with Crippen molar-refractivity contribution < 1.29 is 9.94 Å². The fourth-order valence-electron chi connectivity index (χ4n) is 4.86. The summed E-state index contributed by atoms with van der Waals surface area (Å²) in [6.45, 7) is 19.2. The second-order valence-electron chi connectivity index (χ2n) is 11.3. The molecule has 1 aliphatic rings. The lowest BCUT2D eigenvalue weighted by Crippen LogP contribution is -2.62. The Labute approximate surface area is 194 Å². The van der Waals surface area contributed by atoms with Gasteiger partial charge in [-0.1, -0.05) is 20.3 Å². The molecule has 32 heavy (non-hydrogen) atoms. The molecule has 1 saturated heterocycles. The van der Waals surface area contributed by atoms with Crippen LogP contribution in [0.15, 0.2) is 6.33 Å². The van der Waals surface area contributed by atoms with Crippen LogP contribution in [0.25, 0.3) is 0 Å². The number of rotatable bonds is 11. The van der Waals surface area contributed by atoms with Gasteiger partial charge in [0.2, 0.25) is 11.9 Å². The highest BCUT2D eigenvalue weighted by Gasteiger charge is 2.48. The Morgan fingerprint density at radius 2 is 1.69 bits per heavy atom. The fourth-order valence-corrected chi connectivity index (χ4v) is 4.86. The zero-order chi connectivity index (χ0) is 24.2. The third kappa shape index (κ3) is 7.52. The van der Waals surface area contributed by atoms with Crippen LogP contribution in [0.1, 0.15) is 94.4 Å². The van der Waals surface area contributed by atoms with E-state index in [1.54, 1.807) is 20.2 Å². The van der Waals surface area contributed by atoms with Crippen molar-refractivity contribution in [1.29, 1.82) is 0 Å². The highest BCUT2D eigenvalue weighted by atomic mass is 16.7. The first-order chi connectivity index (χ1) is 14.8. The SMILES string of the molecule is CCCC(Nc1ncnc(NC(C)CC)n1)C1CC(C)(C)N(OCC(C)(C)O)C(C)(C)C1. The highest BCUT2D eigenvalue weighted by Crippen LogP contribution is 2.44. The van der Waals surface area contributed by atoms with Crippen LogP contribution in [0.4, 0.5) is 11.9 Å². The Balaban J connectivity index is 2.18. The summed E-state index contributed by atoms with van der Waals surface area (Å²) in [6, 6.07) is 0.570. The van der Waals surface area contributed by atoms with E-state index >= 15 is 0 Å². The molecule has 3 N–H and O–H groups in total. The number of hydrogen-bond acceptors (Lipinski definition) is 8. The predicted octanol–water partition coefficient (Wildman–Crippen LogP) is 4.63. The number of nitrogens with zero attached hydrogens (tertiary/aromatic N) is 4. The van der Waals surface area contributed by atoms with Crippen molar-refractivity contribution in [3.8, 4) is 0 Å². The quantitative estimate of drug-likeness (QED) is 0.449. The van der Waals surface area contributed by atoms with Gasteiger partial charge < -0.3 is 15.7 Å². The van der Waals surface area contributed by atoms with E-state index in [1.807, 2.05) is 0 Å². The normalized spacial score (nSPS) is 21.2. The van der Waals surface area contributed by atoms with Crippen LogP contribution in [0.2, 0.25) is 0 Å². The summed E-state index contributed by atoms with van der Waals surface area (Å²) < 4.78 is 0. The molecule has 2 rings (SSSR count). The number of aliphatic hydroxyl groups is 1. The summed E-state index contributed by atoms with van der Waals surface area (Å²) in [5.41, 5.74) is -1.21. The van der Waals surface area contributed by atoms with Crippen LogP contribution in [0.5, 0.6) is 0 Å². The van der Waals surface area contributed by atoms with Gasteiger partial charge >= 0.3 is 0 Å². The van der Waals surface area contributed by atoms with E-state index < -0.39 is 5.60 Å². The minimum Gasteiger partial charge on any atom is -0.388 e. The number of hydroxylamine groups is 2. The minimum atomic E-state index is -0.866. The van der Waals surface area contributed by atoms with E-state index in [1.165, 1.54) is 0 Å². The third-order valence-corrected chi connectivity index (χ3v) is 6.21. The molecule has 0 aromatic carbocycles. The summed E-state index contributed by atoms with van der Waals surface area (Å²) in [4.78, 5) is 19.5. The topological polar surface area (TPSA) is 95.4 Å². The van der Waals surface area contributed by atoms with Crippen LogP contribution in [-0.2, 0) is 4.84 Å². The van der Waals surface area contributed by atoms with E-state index in [2.05, 4.69) is 79.1 Å². The Morgan fingerprint density at radius 1 is 1.12 bits per heavy atom. The monoisotopic (exact) mass is 450 g/mol. The van der Waals surface area contributed by atoms with Crippen molar-refractivity contribution >= 4 is 11.9 Å². The molecule has 8 nitrogen and oxygen atoms in total. The van der Waals surface area contributed by atoms with Crippen LogP contribution in [0, 0.1) is 5.92 Å². The minimum absolute atomic E-state index is 0.173. The molecule has 1 aliphatic heterocycles. The Bertz CT molecular complexity index is 701. The van der Waals surface area contributed by atoms with Gasteiger partial charge in [-0.2, -0.15) is 10.0 Å². The first kappa shape index (κ1) is 26.7. The molecular weight excluding hydrogens is 404 g/mol. The number of anilines is 2. The maximum absolute atomic E-state index is 10.2. The zero-order valence-corrected chi connectivity index (χ0v) is 21.7. The molecule has 2 unspecified atom stereocenters. The lowest BCUT2D eigenvalue weighted by Gasteiger charge is -2.55. The van der Waals surface area contributed by atoms with Crippen molar-refractivity contribution in [1.82, 2.24) is 20.0 Å². The van der Waals surface area contributed by atoms with Crippen LogP contribution < -0.4 is 10.6 Å².